The molecule has 2 rings (SSSR count). The molecule has 18 heavy (non-hydrogen) atoms. The molecule has 2 nitrogen and oxygen atoms in total. The van der Waals surface area contributed by atoms with Crippen LogP contribution in [0.4, 0.5) is 0 Å². The molecular formula is C16H22O2. The van der Waals surface area contributed by atoms with E-state index in [1.807, 2.05) is 0 Å². The molecule has 0 saturated heterocycles. The zero-order valence-corrected chi connectivity index (χ0v) is 11.9. The maximum Gasteiger partial charge on any atom is 0.107 e. The minimum Gasteiger partial charge on any atom is -0.376 e. The van der Waals surface area contributed by atoms with E-state index in [2.05, 4.69) is 51.1 Å². The van der Waals surface area contributed by atoms with Crippen LogP contribution in [0.1, 0.15) is 38.0 Å². The lowest BCUT2D eigenvalue weighted by Gasteiger charge is -2.33. The van der Waals surface area contributed by atoms with Gasteiger partial charge in [0.1, 0.15) is 6.10 Å². The van der Waals surface area contributed by atoms with E-state index in [9.17, 15) is 0 Å². The van der Waals surface area contributed by atoms with Crippen molar-refractivity contribution < 1.29 is 9.47 Å². The van der Waals surface area contributed by atoms with Crippen molar-refractivity contribution in [1.29, 1.82) is 0 Å². The van der Waals surface area contributed by atoms with Gasteiger partial charge in [-0.25, -0.2) is 0 Å². The van der Waals surface area contributed by atoms with Crippen LogP contribution < -0.4 is 0 Å². The zero-order chi connectivity index (χ0) is 13.3. The fourth-order valence-corrected chi connectivity index (χ4v) is 2.78. The maximum absolute atomic E-state index is 5.71. The molecular weight excluding hydrogens is 224 g/mol. The molecule has 0 spiro atoms. The Bertz CT molecular complexity index is 454. The number of methoxy groups -OCH3 is 2. The van der Waals surface area contributed by atoms with Crippen LogP contribution in [0.2, 0.25) is 0 Å². The van der Waals surface area contributed by atoms with Crippen molar-refractivity contribution in [3.8, 4) is 0 Å². The number of hydrogen-bond acceptors (Lipinski definition) is 2. The molecule has 0 fully saturated rings. The molecule has 0 radical (unpaired) electrons. The molecule has 1 aliphatic carbocycles. The van der Waals surface area contributed by atoms with E-state index in [1.54, 1.807) is 14.2 Å². The molecule has 0 N–H and O–H groups in total. The summed E-state index contributed by atoms with van der Waals surface area (Å²) in [6.07, 6.45) is 2.29. The third-order valence-electron chi connectivity index (χ3n) is 3.46. The van der Waals surface area contributed by atoms with Crippen LogP contribution in [-0.2, 0) is 9.47 Å². The van der Waals surface area contributed by atoms with Crippen molar-refractivity contribution in [2.24, 2.45) is 5.41 Å². The summed E-state index contributed by atoms with van der Waals surface area (Å²) in [7, 11) is 3.53. The van der Waals surface area contributed by atoms with Gasteiger partial charge in [-0.3, -0.25) is 0 Å². The van der Waals surface area contributed by atoms with Gasteiger partial charge in [0.2, 0.25) is 0 Å². The average molecular weight is 246 g/mol. The molecule has 98 valence electrons. The van der Waals surface area contributed by atoms with Crippen molar-refractivity contribution in [1.82, 2.24) is 0 Å². The van der Waals surface area contributed by atoms with Gasteiger partial charge in [-0.05, 0) is 28.2 Å². The fraction of sp³-hybridized carbons (Fsp3) is 0.500. The van der Waals surface area contributed by atoms with Gasteiger partial charge in [-0.1, -0.05) is 45.0 Å². The van der Waals surface area contributed by atoms with E-state index in [4.69, 9.17) is 9.47 Å². The Morgan fingerprint density at radius 2 is 1.78 bits per heavy atom. The second-order valence-corrected chi connectivity index (χ2v) is 5.87. The lowest BCUT2D eigenvalue weighted by molar-refractivity contribution is 0.0187. The summed E-state index contributed by atoms with van der Waals surface area (Å²) >= 11 is 0. The predicted molar refractivity (Wildman–Crippen MR) is 74.4 cm³/mol. The Morgan fingerprint density at radius 3 is 2.33 bits per heavy atom. The number of rotatable bonds is 3. The second kappa shape index (κ2) is 4.87. The predicted octanol–water partition coefficient (Wildman–Crippen LogP) is 3.83. The number of fused-ring (bicyclic) bond motifs is 1. The maximum atomic E-state index is 5.71. The van der Waals surface area contributed by atoms with Crippen LogP contribution in [-0.4, -0.2) is 20.3 Å². The Kier molecular flexibility index (Phi) is 3.60. The van der Waals surface area contributed by atoms with Gasteiger partial charge in [0.15, 0.2) is 0 Å². The first kappa shape index (κ1) is 13.3. The number of hydrogen-bond donors (Lipinski definition) is 0. The summed E-state index contributed by atoms with van der Waals surface area (Å²) in [6, 6.07) is 8.37. The SMILES string of the molecule is COC(C1=Cc2ccccc2[C@@H]1OC)C(C)(C)C. The Hall–Kier alpha value is -1.12. The van der Waals surface area contributed by atoms with Crippen molar-refractivity contribution in [3.63, 3.8) is 0 Å². The first-order chi connectivity index (χ1) is 8.49. The van der Waals surface area contributed by atoms with Crippen LogP contribution in [0.3, 0.4) is 0 Å². The lowest BCUT2D eigenvalue weighted by atomic mass is 9.83. The van der Waals surface area contributed by atoms with E-state index >= 15 is 0 Å². The summed E-state index contributed by atoms with van der Waals surface area (Å²) in [4.78, 5) is 0. The van der Waals surface area contributed by atoms with Gasteiger partial charge in [-0.15, -0.1) is 0 Å². The second-order valence-electron chi connectivity index (χ2n) is 5.87. The van der Waals surface area contributed by atoms with Crippen LogP contribution in [0.25, 0.3) is 6.08 Å². The Labute approximate surface area is 110 Å². The molecule has 0 saturated carbocycles. The van der Waals surface area contributed by atoms with Crippen LogP contribution in [0.15, 0.2) is 29.8 Å². The lowest BCUT2D eigenvalue weighted by Crippen LogP contribution is -2.32. The highest BCUT2D eigenvalue weighted by Gasteiger charge is 2.36. The van der Waals surface area contributed by atoms with E-state index in [-0.39, 0.29) is 17.6 Å². The third-order valence-corrected chi connectivity index (χ3v) is 3.46. The quantitative estimate of drug-likeness (QED) is 0.807. The molecule has 0 amide bonds. The minimum absolute atomic E-state index is 0.0189. The van der Waals surface area contributed by atoms with Gasteiger partial charge >= 0.3 is 0 Å². The van der Waals surface area contributed by atoms with Crippen molar-refractivity contribution in [3.05, 3.63) is 41.0 Å². The van der Waals surface area contributed by atoms with E-state index in [0.29, 0.717) is 0 Å². The molecule has 2 heteroatoms. The highest BCUT2D eigenvalue weighted by atomic mass is 16.5. The summed E-state index contributed by atoms with van der Waals surface area (Å²) < 4.78 is 11.4. The summed E-state index contributed by atoms with van der Waals surface area (Å²) in [5.41, 5.74) is 3.75. The van der Waals surface area contributed by atoms with Gasteiger partial charge in [0.25, 0.3) is 0 Å². The Balaban J connectivity index is 2.41. The van der Waals surface area contributed by atoms with Gasteiger partial charge < -0.3 is 9.47 Å². The number of benzene rings is 1. The smallest absolute Gasteiger partial charge is 0.107 e. The summed E-state index contributed by atoms with van der Waals surface area (Å²) in [6.45, 7) is 6.58. The summed E-state index contributed by atoms with van der Waals surface area (Å²) in [5, 5.41) is 0. The van der Waals surface area contributed by atoms with Crippen LogP contribution >= 0.6 is 0 Å². The van der Waals surface area contributed by atoms with Crippen LogP contribution in [0, 0.1) is 5.41 Å². The van der Waals surface area contributed by atoms with E-state index in [0.717, 1.165) is 0 Å². The van der Waals surface area contributed by atoms with Gasteiger partial charge in [0, 0.05) is 14.2 Å². The van der Waals surface area contributed by atoms with E-state index < -0.39 is 0 Å². The first-order valence-corrected chi connectivity index (χ1v) is 6.35. The third kappa shape index (κ3) is 2.23. The number of ether oxygens (including phenoxy) is 2. The first-order valence-electron chi connectivity index (χ1n) is 6.35. The molecule has 0 aliphatic heterocycles. The minimum atomic E-state index is 0.0189. The highest BCUT2D eigenvalue weighted by molar-refractivity contribution is 5.66. The molecule has 0 aromatic heterocycles. The summed E-state index contributed by atoms with van der Waals surface area (Å²) in [5.74, 6) is 0. The van der Waals surface area contributed by atoms with E-state index in [1.165, 1.54) is 16.7 Å². The van der Waals surface area contributed by atoms with Gasteiger partial charge in [0.05, 0.1) is 6.10 Å². The molecule has 1 aromatic rings. The molecule has 1 unspecified atom stereocenters. The molecule has 1 aromatic carbocycles. The molecule has 1 aliphatic rings. The Morgan fingerprint density at radius 1 is 1.11 bits per heavy atom. The van der Waals surface area contributed by atoms with Crippen molar-refractivity contribution in [2.75, 3.05) is 14.2 Å². The normalized spacial score (nSPS) is 20.5. The van der Waals surface area contributed by atoms with Crippen molar-refractivity contribution in [2.45, 2.75) is 33.0 Å². The monoisotopic (exact) mass is 246 g/mol. The largest absolute Gasteiger partial charge is 0.376 e. The van der Waals surface area contributed by atoms with Crippen LogP contribution in [0.5, 0.6) is 0 Å². The topological polar surface area (TPSA) is 18.5 Å². The van der Waals surface area contributed by atoms with Gasteiger partial charge in [-0.2, -0.15) is 0 Å². The van der Waals surface area contributed by atoms with Crippen molar-refractivity contribution >= 4 is 6.08 Å². The highest BCUT2D eigenvalue weighted by Crippen LogP contribution is 2.43. The average Bonchev–Trinajstić information content (AvgIpc) is 2.66. The standard InChI is InChI=1S/C16H22O2/c1-16(2,3)15(18-5)13-10-11-8-6-7-9-12(11)14(13)17-4/h6-10,14-15H,1-5H3/t14-,15?/m0/s1. The molecule has 0 heterocycles. The molecule has 0 bridgehead atoms. The fourth-order valence-electron chi connectivity index (χ4n) is 2.78. The zero-order valence-electron chi connectivity index (χ0n) is 11.9. The molecule has 2 atom stereocenters.